The van der Waals surface area contributed by atoms with Gasteiger partial charge in [-0.3, -0.25) is 10.1 Å². The summed E-state index contributed by atoms with van der Waals surface area (Å²) in [6, 6.07) is 2.89. The molecule has 5 nitrogen and oxygen atoms in total. The number of aromatic nitrogens is 1. The number of hydrogen-bond acceptors (Lipinski definition) is 3. The summed E-state index contributed by atoms with van der Waals surface area (Å²) in [6.45, 7) is 3.10. The minimum Gasteiger partial charge on any atom is -0.365 e. The van der Waals surface area contributed by atoms with Gasteiger partial charge in [-0.25, -0.2) is 0 Å². The van der Waals surface area contributed by atoms with Crippen LogP contribution in [0.2, 0.25) is 0 Å². The van der Waals surface area contributed by atoms with Crippen molar-refractivity contribution in [2.45, 2.75) is 44.8 Å². The molecule has 1 saturated heterocycles. The maximum Gasteiger partial charge on any atom is 0.418 e. The van der Waals surface area contributed by atoms with Gasteiger partial charge >= 0.3 is 6.18 Å². The van der Waals surface area contributed by atoms with E-state index in [1.54, 1.807) is 9.47 Å². The lowest BCUT2D eigenvalue weighted by atomic mass is 9.98. The Labute approximate surface area is 148 Å². The molecule has 1 aromatic heterocycles. The van der Waals surface area contributed by atoms with Crippen LogP contribution in [0.4, 0.5) is 24.5 Å². The topological polar surface area (TPSA) is 51.3 Å². The molecule has 2 aliphatic rings. The van der Waals surface area contributed by atoms with Crippen LogP contribution >= 0.6 is 0 Å². The van der Waals surface area contributed by atoms with Crippen molar-refractivity contribution in [3.63, 3.8) is 0 Å². The summed E-state index contributed by atoms with van der Waals surface area (Å²) in [4.78, 5) is 12.8. The molecule has 0 N–H and O–H groups in total. The third-order valence-corrected chi connectivity index (χ3v) is 5.37. The molecule has 1 saturated carbocycles. The van der Waals surface area contributed by atoms with Gasteiger partial charge in [0.25, 0.3) is 5.69 Å². The fraction of sp³-hybridized carbons (Fsp3) is 0.556. The number of rotatable bonds is 3. The van der Waals surface area contributed by atoms with E-state index >= 15 is 0 Å². The number of nitrogens with zero attached hydrogens (tertiary/aromatic N) is 3. The SMILES string of the molecule is C[C@@H]1CCCN(c2c([N+](=O)[O-])ccc3c2c(C(F)(F)F)cn3C2CC2)C1. The van der Waals surface area contributed by atoms with Crippen molar-refractivity contribution in [1.82, 2.24) is 4.57 Å². The summed E-state index contributed by atoms with van der Waals surface area (Å²) in [5.41, 5.74) is -0.439. The van der Waals surface area contributed by atoms with Gasteiger partial charge in [0, 0.05) is 36.8 Å². The number of nitro groups is 1. The van der Waals surface area contributed by atoms with Crippen molar-refractivity contribution < 1.29 is 18.1 Å². The molecule has 2 fully saturated rings. The molecule has 0 amide bonds. The van der Waals surface area contributed by atoms with E-state index in [1.807, 2.05) is 6.92 Å². The Morgan fingerprint density at radius 1 is 1.23 bits per heavy atom. The predicted molar refractivity (Wildman–Crippen MR) is 92.5 cm³/mol. The largest absolute Gasteiger partial charge is 0.418 e. The van der Waals surface area contributed by atoms with Crippen molar-refractivity contribution in [3.05, 3.63) is 34.0 Å². The summed E-state index contributed by atoms with van der Waals surface area (Å²) >= 11 is 0. The molecular weight excluding hydrogens is 347 g/mol. The van der Waals surface area contributed by atoms with Gasteiger partial charge in [0.15, 0.2) is 0 Å². The van der Waals surface area contributed by atoms with E-state index in [0.29, 0.717) is 24.5 Å². The molecule has 2 aromatic rings. The Morgan fingerprint density at radius 3 is 2.54 bits per heavy atom. The van der Waals surface area contributed by atoms with Crippen molar-refractivity contribution in [1.29, 1.82) is 0 Å². The molecule has 1 aromatic carbocycles. The Bertz CT molecular complexity index is 871. The molecule has 2 heterocycles. The number of halogens is 3. The zero-order valence-electron chi connectivity index (χ0n) is 14.4. The number of anilines is 1. The number of piperidine rings is 1. The summed E-state index contributed by atoms with van der Waals surface area (Å²) < 4.78 is 43.0. The number of fused-ring (bicyclic) bond motifs is 1. The van der Waals surface area contributed by atoms with Gasteiger partial charge < -0.3 is 9.47 Å². The molecule has 0 unspecified atom stereocenters. The van der Waals surface area contributed by atoms with Crippen LogP contribution in [-0.4, -0.2) is 22.6 Å². The molecule has 140 valence electrons. The third-order valence-electron chi connectivity index (χ3n) is 5.37. The average Bonchev–Trinajstić information content (AvgIpc) is 3.32. The molecule has 1 atom stereocenters. The van der Waals surface area contributed by atoms with Gasteiger partial charge in [0.2, 0.25) is 0 Å². The second kappa shape index (κ2) is 5.89. The van der Waals surface area contributed by atoms with Crippen LogP contribution < -0.4 is 4.90 Å². The molecule has 0 bridgehead atoms. The van der Waals surface area contributed by atoms with Gasteiger partial charge in [-0.05, 0) is 37.7 Å². The Balaban J connectivity index is 2.02. The summed E-state index contributed by atoms with van der Waals surface area (Å²) in [7, 11) is 0. The van der Waals surface area contributed by atoms with E-state index in [2.05, 4.69) is 0 Å². The van der Waals surface area contributed by atoms with Crippen LogP contribution in [0.25, 0.3) is 10.9 Å². The number of nitro benzene ring substituents is 1. The lowest BCUT2D eigenvalue weighted by Crippen LogP contribution is -2.35. The van der Waals surface area contributed by atoms with Crippen LogP contribution in [0.3, 0.4) is 0 Å². The standard InChI is InChI=1S/C18H20F3N3O2/c1-11-3-2-8-22(9-11)17-15(24(25)26)7-6-14-16(17)13(18(19,20)21)10-23(14)12-4-5-12/h6-7,10-12H,2-5,8-9H2,1H3/t11-/m1/s1. The smallest absolute Gasteiger partial charge is 0.365 e. The number of hydrogen-bond donors (Lipinski definition) is 0. The highest BCUT2D eigenvalue weighted by Gasteiger charge is 2.40. The van der Waals surface area contributed by atoms with Crippen LogP contribution in [0.15, 0.2) is 18.3 Å². The summed E-state index contributed by atoms with van der Waals surface area (Å²) in [6.07, 6.45) is 0.0733. The molecule has 8 heteroatoms. The zero-order chi connectivity index (χ0) is 18.6. The Kier molecular flexibility index (Phi) is 3.89. The maximum absolute atomic E-state index is 13.8. The van der Waals surface area contributed by atoms with Gasteiger partial charge in [-0.2, -0.15) is 13.2 Å². The number of alkyl halides is 3. The normalized spacial score (nSPS) is 21.4. The van der Waals surface area contributed by atoms with Crippen molar-refractivity contribution in [2.75, 3.05) is 18.0 Å². The van der Waals surface area contributed by atoms with Gasteiger partial charge in [-0.15, -0.1) is 0 Å². The molecule has 26 heavy (non-hydrogen) atoms. The van der Waals surface area contributed by atoms with E-state index in [9.17, 15) is 23.3 Å². The monoisotopic (exact) mass is 367 g/mol. The van der Waals surface area contributed by atoms with Crippen LogP contribution in [0.1, 0.15) is 44.2 Å². The lowest BCUT2D eigenvalue weighted by Gasteiger charge is -2.33. The highest BCUT2D eigenvalue weighted by Crippen LogP contribution is 2.48. The molecule has 0 spiro atoms. The van der Waals surface area contributed by atoms with Gasteiger partial charge in [-0.1, -0.05) is 6.92 Å². The Hall–Kier alpha value is -2.25. The predicted octanol–water partition coefficient (Wildman–Crippen LogP) is 5.14. The first-order chi connectivity index (χ1) is 12.3. The van der Waals surface area contributed by atoms with E-state index < -0.39 is 16.7 Å². The van der Waals surface area contributed by atoms with E-state index in [-0.39, 0.29) is 22.8 Å². The molecule has 1 aliphatic carbocycles. The summed E-state index contributed by atoms with van der Waals surface area (Å²) in [5.74, 6) is 0.290. The number of benzene rings is 1. The first-order valence-electron chi connectivity index (χ1n) is 8.91. The molecule has 0 radical (unpaired) electrons. The minimum absolute atomic E-state index is 0.0206. The molecular formula is C18H20F3N3O2. The highest BCUT2D eigenvalue weighted by molar-refractivity contribution is 6.01. The third kappa shape index (κ3) is 2.81. The first kappa shape index (κ1) is 17.2. The summed E-state index contributed by atoms with van der Waals surface area (Å²) in [5, 5.41) is 11.6. The van der Waals surface area contributed by atoms with Crippen LogP contribution in [-0.2, 0) is 6.18 Å². The van der Waals surface area contributed by atoms with Crippen LogP contribution in [0, 0.1) is 16.0 Å². The maximum atomic E-state index is 13.8. The minimum atomic E-state index is -4.55. The van der Waals surface area contributed by atoms with Gasteiger partial charge in [0.1, 0.15) is 5.69 Å². The fourth-order valence-corrected chi connectivity index (χ4v) is 4.05. The van der Waals surface area contributed by atoms with Crippen molar-refractivity contribution in [2.24, 2.45) is 5.92 Å². The average molecular weight is 367 g/mol. The lowest BCUT2D eigenvalue weighted by molar-refractivity contribution is -0.384. The van der Waals surface area contributed by atoms with E-state index in [4.69, 9.17) is 0 Å². The fourth-order valence-electron chi connectivity index (χ4n) is 4.05. The first-order valence-corrected chi connectivity index (χ1v) is 8.91. The van der Waals surface area contributed by atoms with Crippen molar-refractivity contribution in [3.8, 4) is 0 Å². The van der Waals surface area contributed by atoms with Crippen molar-refractivity contribution >= 4 is 22.3 Å². The Morgan fingerprint density at radius 2 is 1.96 bits per heavy atom. The second-order valence-corrected chi connectivity index (χ2v) is 7.46. The molecule has 1 aliphatic heterocycles. The zero-order valence-corrected chi connectivity index (χ0v) is 14.4. The quantitative estimate of drug-likeness (QED) is 0.558. The van der Waals surface area contributed by atoms with E-state index in [0.717, 1.165) is 31.9 Å². The van der Waals surface area contributed by atoms with Crippen LogP contribution in [0.5, 0.6) is 0 Å². The highest BCUT2D eigenvalue weighted by atomic mass is 19.4. The molecule has 4 rings (SSSR count). The van der Waals surface area contributed by atoms with E-state index in [1.165, 1.54) is 12.1 Å². The van der Waals surface area contributed by atoms with Gasteiger partial charge in [0.05, 0.1) is 16.0 Å². The second-order valence-electron chi connectivity index (χ2n) is 7.46.